The fourth-order valence-electron chi connectivity index (χ4n) is 2.49. The lowest BCUT2D eigenvalue weighted by Gasteiger charge is -2.27. The Hall–Kier alpha value is -2.17. The summed E-state index contributed by atoms with van der Waals surface area (Å²) in [7, 11) is 2.89. The molecule has 20 heavy (non-hydrogen) atoms. The number of benzene rings is 1. The second-order valence-electron chi connectivity index (χ2n) is 4.64. The van der Waals surface area contributed by atoms with Gasteiger partial charge in [-0.3, -0.25) is 4.90 Å². The summed E-state index contributed by atoms with van der Waals surface area (Å²) < 4.78 is 10.1. The summed E-state index contributed by atoms with van der Waals surface area (Å²) in [5, 5.41) is 10.2. The molecule has 0 radical (unpaired) electrons. The van der Waals surface area contributed by atoms with Gasteiger partial charge in [0, 0.05) is 23.7 Å². The highest BCUT2D eigenvalue weighted by atomic mass is 16.5. The van der Waals surface area contributed by atoms with Crippen LogP contribution in [0, 0.1) is 6.92 Å². The van der Waals surface area contributed by atoms with Gasteiger partial charge in [0.2, 0.25) is 0 Å². The topological polar surface area (TPSA) is 59.0 Å². The summed E-state index contributed by atoms with van der Waals surface area (Å²) in [5.41, 5.74) is 2.21. The molecule has 1 aromatic rings. The van der Waals surface area contributed by atoms with Gasteiger partial charge in [-0.1, -0.05) is 12.2 Å². The van der Waals surface area contributed by atoms with E-state index in [4.69, 9.17) is 9.47 Å². The zero-order valence-electron chi connectivity index (χ0n) is 12.0. The Morgan fingerprint density at radius 2 is 2.10 bits per heavy atom. The number of carbonyl (C=O) groups excluding carboxylic acids is 1. The van der Waals surface area contributed by atoms with Crippen molar-refractivity contribution in [2.45, 2.75) is 19.8 Å². The molecule has 0 aliphatic carbocycles. The minimum absolute atomic E-state index is 0.128. The molecule has 5 nitrogen and oxygen atoms in total. The van der Waals surface area contributed by atoms with Crippen LogP contribution in [-0.2, 0) is 11.2 Å². The van der Waals surface area contributed by atoms with E-state index in [9.17, 15) is 9.90 Å². The number of hydrogen-bond donors (Lipinski definition) is 1. The predicted molar refractivity (Wildman–Crippen MR) is 76.6 cm³/mol. The molecule has 0 saturated heterocycles. The lowest BCUT2D eigenvalue weighted by atomic mass is 9.99. The van der Waals surface area contributed by atoms with Crippen LogP contribution < -0.4 is 9.64 Å². The van der Waals surface area contributed by atoms with Crippen LogP contribution in [0.5, 0.6) is 11.5 Å². The van der Waals surface area contributed by atoms with Crippen LogP contribution in [-0.4, -0.2) is 32.0 Å². The molecule has 0 saturated carbocycles. The van der Waals surface area contributed by atoms with Crippen LogP contribution in [0.1, 0.15) is 17.5 Å². The van der Waals surface area contributed by atoms with Crippen molar-refractivity contribution in [1.29, 1.82) is 0 Å². The second-order valence-corrected chi connectivity index (χ2v) is 4.64. The van der Waals surface area contributed by atoms with Crippen LogP contribution in [0.3, 0.4) is 0 Å². The van der Waals surface area contributed by atoms with Gasteiger partial charge < -0.3 is 14.6 Å². The summed E-state index contributed by atoms with van der Waals surface area (Å²) in [6.45, 7) is 2.38. The molecule has 0 unspecified atom stereocenters. The zero-order valence-corrected chi connectivity index (χ0v) is 12.0. The van der Waals surface area contributed by atoms with E-state index in [2.05, 4.69) is 0 Å². The number of allylic oxidation sites excluding steroid dienone is 1. The van der Waals surface area contributed by atoms with Gasteiger partial charge in [-0.15, -0.1) is 0 Å². The molecule has 2 rings (SSSR count). The monoisotopic (exact) mass is 277 g/mol. The van der Waals surface area contributed by atoms with Crippen LogP contribution in [0.4, 0.5) is 10.5 Å². The number of rotatable bonds is 1. The SMILES string of the molecule is COC(=O)N1CC/C=C\Cc2c(O)cc(OC)c(C)c21. The second kappa shape index (κ2) is 5.86. The molecule has 1 N–H and O–H groups in total. The lowest BCUT2D eigenvalue weighted by Crippen LogP contribution is -2.33. The molecule has 1 aliphatic heterocycles. The van der Waals surface area contributed by atoms with E-state index < -0.39 is 6.09 Å². The van der Waals surface area contributed by atoms with Crippen LogP contribution in [0.25, 0.3) is 0 Å². The standard InChI is InChI=1S/C15H19NO4/c1-10-13(19-2)9-12(17)11-7-5-4-6-8-16(14(10)11)15(18)20-3/h4-5,9,17H,6-8H2,1-3H3/b5-4-. The summed E-state index contributed by atoms with van der Waals surface area (Å²) >= 11 is 0. The molecule has 0 bridgehead atoms. The normalized spacial score (nSPS) is 15.8. The Labute approximate surface area is 118 Å². The summed E-state index contributed by atoms with van der Waals surface area (Å²) in [6, 6.07) is 1.58. The highest BCUT2D eigenvalue weighted by molar-refractivity contribution is 5.91. The molecule has 1 aromatic carbocycles. The van der Waals surface area contributed by atoms with E-state index in [-0.39, 0.29) is 5.75 Å². The Morgan fingerprint density at radius 3 is 2.75 bits per heavy atom. The van der Waals surface area contributed by atoms with Crippen LogP contribution in [0.2, 0.25) is 0 Å². The molecule has 0 spiro atoms. The van der Waals surface area contributed by atoms with Crippen molar-refractivity contribution in [1.82, 2.24) is 0 Å². The third kappa shape index (κ3) is 2.43. The first-order valence-corrected chi connectivity index (χ1v) is 6.50. The maximum absolute atomic E-state index is 12.0. The first-order valence-electron chi connectivity index (χ1n) is 6.50. The number of hydrogen-bond acceptors (Lipinski definition) is 4. The number of amides is 1. The molecular formula is C15H19NO4. The number of aromatic hydroxyl groups is 1. The quantitative estimate of drug-likeness (QED) is 0.802. The average Bonchev–Trinajstić information content (AvgIpc) is 2.42. The largest absolute Gasteiger partial charge is 0.507 e. The minimum atomic E-state index is -0.433. The number of phenols is 1. The van der Waals surface area contributed by atoms with Crippen molar-refractivity contribution in [3.8, 4) is 11.5 Å². The fraction of sp³-hybridized carbons (Fsp3) is 0.400. The van der Waals surface area contributed by atoms with Gasteiger partial charge >= 0.3 is 6.09 Å². The minimum Gasteiger partial charge on any atom is -0.507 e. The molecule has 5 heteroatoms. The zero-order chi connectivity index (χ0) is 14.7. The van der Waals surface area contributed by atoms with Crippen molar-refractivity contribution < 1.29 is 19.4 Å². The molecule has 0 atom stereocenters. The van der Waals surface area contributed by atoms with Gasteiger partial charge in [0.05, 0.1) is 19.9 Å². The van der Waals surface area contributed by atoms with Crippen molar-refractivity contribution in [3.05, 3.63) is 29.3 Å². The number of anilines is 1. The van der Waals surface area contributed by atoms with Gasteiger partial charge in [-0.05, 0) is 19.8 Å². The van der Waals surface area contributed by atoms with Gasteiger partial charge in [-0.2, -0.15) is 0 Å². The number of ether oxygens (including phenoxy) is 2. The lowest BCUT2D eigenvalue weighted by molar-refractivity contribution is 0.178. The highest BCUT2D eigenvalue weighted by Gasteiger charge is 2.25. The number of fused-ring (bicyclic) bond motifs is 1. The predicted octanol–water partition coefficient (Wildman–Crippen LogP) is 2.78. The van der Waals surface area contributed by atoms with Crippen molar-refractivity contribution in [2.75, 3.05) is 25.7 Å². The number of methoxy groups -OCH3 is 2. The van der Waals surface area contributed by atoms with Gasteiger partial charge in [0.25, 0.3) is 0 Å². The number of phenolic OH excluding ortho intramolecular Hbond substituents is 1. The molecule has 1 aliphatic rings. The third-order valence-corrected chi connectivity index (χ3v) is 3.48. The van der Waals surface area contributed by atoms with E-state index in [1.807, 2.05) is 19.1 Å². The Bertz CT molecular complexity index is 551. The first kappa shape index (κ1) is 14.2. The molecular weight excluding hydrogens is 258 g/mol. The molecule has 1 heterocycles. The number of nitrogens with zero attached hydrogens (tertiary/aromatic N) is 1. The summed E-state index contributed by atoms with van der Waals surface area (Å²) in [5.74, 6) is 0.683. The number of carbonyl (C=O) groups is 1. The fourth-order valence-corrected chi connectivity index (χ4v) is 2.49. The average molecular weight is 277 g/mol. The van der Waals surface area contributed by atoms with Crippen LogP contribution >= 0.6 is 0 Å². The Kier molecular flexibility index (Phi) is 4.17. The van der Waals surface area contributed by atoms with Crippen LogP contribution in [0.15, 0.2) is 18.2 Å². The smallest absolute Gasteiger partial charge is 0.414 e. The first-order chi connectivity index (χ1) is 9.60. The molecule has 108 valence electrons. The molecule has 0 fully saturated rings. The van der Waals surface area contributed by atoms with E-state index in [0.29, 0.717) is 30.0 Å². The highest BCUT2D eigenvalue weighted by Crippen LogP contribution is 2.40. The van der Waals surface area contributed by atoms with Gasteiger partial charge in [0.1, 0.15) is 11.5 Å². The molecule has 0 aromatic heterocycles. The maximum atomic E-state index is 12.0. The Balaban J connectivity index is 2.66. The van der Waals surface area contributed by atoms with E-state index in [1.54, 1.807) is 18.1 Å². The molecule has 1 amide bonds. The summed E-state index contributed by atoms with van der Waals surface area (Å²) in [6.07, 6.45) is 4.87. The maximum Gasteiger partial charge on any atom is 0.414 e. The summed E-state index contributed by atoms with van der Waals surface area (Å²) in [4.78, 5) is 13.6. The van der Waals surface area contributed by atoms with Crippen molar-refractivity contribution in [2.24, 2.45) is 0 Å². The van der Waals surface area contributed by atoms with Gasteiger partial charge in [-0.25, -0.2) is 4.79 Å². The van der Waals surface area contributed by atoms with Gasteiger partial charge in [0.15, 0.2) is 0 Å². The van der Waals surface area contributed by atoms with E-state index in [1.165, 1.54) is 7.11 Å². The van der Waals surface area contributed by atoms with E-state index >= 15 is 0 Å². The van der Waals surface area contributed by atoms with Crippen molar-refractivity contribution in [3.63, 3.8) is 0 Å². The van der Waals surface area contributed by atoms with Crippen molar-refractivity contribution >= 4 is 11.8 Å². The van der Waals surface area contributed by atoms with E-state index in [0.717, 1.165) is 12.0 Å². The Morgan fingerprint density at radius 1 is 1.35 bits per heavy atom. The third-order valence-electron chi connectivity index (χ3n) is 3.48.